The summed E-state index contributed by atoms with van der Waals surface area (Å²) < 4.78 is 5.61. The minimum absolute atomic E-state index is 0.536. The second kappa shape index (κ2) is 9.12. The van der Waals surface area contributed by atoms with Crippen molar-refractivity contribution in [3.63, 3.8) is 0 Å². The van der Waals surface area contributed by atoms with Gasteiger partial charge in [0.2, 0.25) is 0 Å². The second-order valence-corrected chi connectivity index (χ2v) is 5.05. The fraction of sp³-hybridized carbons (Fsp3) is 0.625. The van der Waals surface area contributed by atoms with Gasteiger partial charge in [0.15, 0.2) is 0 Å². The van der Waals surface area contributed by atoms with Gasteiger partial charge < -0.3 is 10.5 Å². The lowest BCUT2D eigenvalue weighted by Crippen LogP contribution is -2.19. The summed E-state index contributed by atoms with van der Waals surface area (Å²) in [7, 11) is 0. The third-order valence-electron chi connectivity index (χ3n) is 3.29. The molecule has 1 unspecified atom stereocenters. The molecule has 2 nitrogen and oxygen atoms in total. The smallest absolute Gasteiger partial charge is 0.0469 e. The van der Waals surface area contributed by atoms with Crippen molar-refractivity contribution in [1.29, 1.82) is 0 Å². The number of benzene rings is 1. The molecule has 18 heavy (non-hydrogen) atoms. The molecule has 1 rings (SSSR count). The summed E-state index contributed by atoms with van der Waals surface area (Å²) in [6, 6.07) is 8.74. The Labute approximate surface area is 112 Å². The molecule has 1 atom stereocenters. The van der Waals surface area contributed by atoms with Gasteiger partial charge in [-0.2, -0.15) is 0 Å². The maximum Gasteiger partial charge on any atom is 0.0469 e. The molecule has 0 amide bonds. The molecule has 2 N–H and O–H groups in total. The van der Waals surface area contributed by atoms with Crippen molar-refractivity contribution in [2.24, 2.45) is 11.7 Å². The minimum atomic E-state index is 0.536. The van der Waals surface area contributed by atoms with E-state index in [4.69, 9.17) is 10.5 Å². The predicted octanol–water partition coefficient (Wildman–Crippen LogP) is 3.32. The molecule has 0 saturated carbocycles. The van der Waals surface area contributed by atoms with E-state index in [1.165, 1.54) is 17.5 Å². The monoisotopic (exact) mass is 249 g/mol. The van der Waals surface area contributed by atoms with Gasteiger partial charge in [0.1, 0.15) is 0 Å². The van der Waals surface area contributed by atoms with Gasteiger partial charge in [-0.25, -0.2) is 0 Å². The third-order valence-corrected chi connectivity index (χ3v) is 3.29. The summed E-state index contributed by atoms with van der Waals surface area (Å²) >= 11 is 0. The number of aryl methyl sites for hydroxylation is 1. The second-order valence-electron chi connectivity index (χ2n) is 5.05. The SMILES string of the molecule is CCCCOCCC(CN)Cc1ccc(C)cc1. The third kappa shape index (κ3) is 6.18. The van der Waals surface area contributed by atoms with E-state index in [0.29, 0.717) is 5.92 Å². The van der Waals surface area contributed by atoms with E-state index in [9.17, 15) is 0 Å². The van der Waals surface area contributed by atoms with E-state index in [2.05, 4.69) is 38.1 Å². The number of unbranched alkanes of at least 4 members (excludes halogenated alkanes) is 1. The van der Waals surface area contributed by atoms with Crippen LogP contribution in [0.5, 0.6) is 0 Å². The molecule has 0 aliphatic carbocycles. The highest BCUT2D eigenvalue weighted by Crippen LogP contribution is 2.12. The van der Waals surface area contributed by atoms with Gasteiger partial charge in [-0.3, -0.25) is 0 Å². The molecule has 2 heteroatoms. The van der Waals surface area contributed by atoms with E-state index >= 15 is 0 Å². The van der Waals surface area contributed by atoms with Gasteiger partial charge in [-0.1, -0.05) is 43.2 Å². The Morgan fingerprint density at radius 2 is 1.89 bits per heavy atom. The average Bonchev–Trinajstić information content (AvgIpc) is 2.39. The first kappa shape index (κ1) is 15.2. The highest BCUT2D eigenvalue weighted by Gasteiger charge is 2.07. The summed E-state index contributed by atoms with van der Waals surface area (Å²) in [6.45, 7) is 6.77. The first-order valence-electron chi connectivity index (χ1n) is 7.09. The van der Waals surface area contributed by atoms with Crippen LogP contribution in [0.2, 0.25) is 0 Å². The van der Waals surface area contributed by atoms with Crippen LogP contribution in [-0.2, 0) is 11.2 Å². The van der Waals surface area contributed by atoms with Gasteiger partial charge >= 0.3 is 0 Å². The largest absolute Gasteiger partial charge is 0.381 e. The van der Waals surface area contributed by atoms with E-state index in [0.717, 1.165) is 39.0 Å². The maximum absolute atomic E-state index is 5.84. The zero-order valence-electron chi connectivity index (χ0n) is 11.8. The minimum Gasteiger partial charge on any atom is -0.381 e. The first-order chi connectivity index (χ1) is 8.76. The van der Waals surface area contributed by atoms with E-state index in [-0.39, 0.29) is 0 Å². The maximum atomic E-state index is 5.84. The Morgan fingerprint density at radius 1 is 1.17 bits per heavy atom. The Hall–Kier alpha value is -0.860. The number of ether oxygens (including phenoxy) is 1. The zero-order valence-corrected chi connectivity index (χ0v) is 11.8. The van der Waals surface area contributed by atoms with Crippen LogP contribution in [0.4, 0.5) is 0 Å². The molecule has 0 radical (unpaired) electrons. The van der Waals surface area contributed by atoms with Gasteiger partial charge in [0, 0.05) is 13.2 Å². The van der Waals surface area contributed by atoms with Gasteiger partial charge in [-0.15, -0.1) is 0 Å². The van der Waals surface area contributed by atoms with Gasteiger partial charge in [0.25, 0.3) is 0 Å². The number of hydrogen-bond donors (Lipinski definition) is 1. The molecular formula is C16H27NO. The fourth-order valence-electron chi connectivity index (χ4n) is 1.96. The van der Waals surface area contributed by atoms with Crippen molar-refractivity contribution >= 4 is 0 Å². The summed E-state index contributed by atoms with van der Waals surface area (Å²) in [4.78, 5) is 0. The molecule has 0 aliphatic heterocycles. The highest BCUT2D eigenvalue weighted by atomic mass is 16.5. The molecule has 0 saturated heterocycles. The lowest BCUT2D eigenvalue weighted by Gasteiger charge is -2.15. The van der Waals surface area contributed by atoms with Crippen LogP contribution >= 0.6 is 0 Å². The van der Waals surface area contributed by atoms with Crippen LogP contribution in [0.3, 0.4) is 0 Å². The van der Waals surface area contributed by atoms with Crippen molar-refractivity contribution in [2.75, 3.05) is 19.8 Å². The molecule has 0 aliphatic rings. The molecule has 0 aromatic heterocycles. The Balaban J connectivity index is 2.26. The van der Waals surface area contributed by atoms with Crippen molar-refractivity contribution in [2.45, 2.75) is 39.5 Å². The molecule has 0 bridgehead atoms. The van der Waals surface area contributed by atoms with Crippen LogP contribution < -0.4 is 5.73 Å². The molecular weight excluding hydrogens is 222 g/mol. The first-order valence-corrected chi connectivity index (χ1v) is 7.09. The van der Waals surface area contributed by atoms with E-state index in [1.807, 2.05) is 0 Å². The summed E-state index contributed by atoms with van der Waals surface area (Å²) in [5, 5.41) is 0. The van der Waals surface area contributed by atoms with E-state index in [1.54, 1.807) is 0 Å². The summed E-state index contributed by atoms with van der Waals surface area (Å²) in [5.41, 5.74) is 8.53. The van der Waals surface area contributed by atoms with Crippen molar-refractivity contribution in [1.82, 2.24) is 0 Å². The standard InChI is InChI=1S/C16H27NO/c1-3-4-10-18-11-9-16(13-17)12-15-7-5-14(2)6-8-15/h5-8,16H,3-4,9-13,17H2,1-2H3. The van der Waals surface area contributed by atoms with E-state index < -0.39 is 0 Å². The fourth-order valence-corrected chi connectivity index (χ4v) is 1.96. The highest BCUT2D eigenvalue weighted by molar-refractivity contribution is 5.21. The normalized spacial score (nSPS) is 12.6. The molecule has 0 heterocycles. The Morgan fingerprint density at radius 3 is 2.50 bits per heavy atom. The molecule has 0 fully saturated rings. The quantitative estimate of drug-likeness (QED) is 0.681. The topological polar surface area (TPSA) is 35.2 Å². The molecule has 102 valence electrons. The van der Waals surface area contributed by atoms with Crippen molar-refractivity contribution in [3.8, 4) is 0 Å². The van der Waals surface area contributed by atoms with Gasteiger partial charge in [-0.05, 0) is 44.2 Å². The number of rotatable bonds is 9. The lowest BCUT2D eigenvalue weighted by atomic mass is 9.96. The summed E-state index contributed by atoms with van der Waals surface area (Å²) in [5.74, 6) is 0.536. The van der Waals surface area contributed by atoms with Crippen LogP contribution in [0, 0.1) is 12.8 Å². The van der Waals surface area contributed by atoms with Gasteiger partial charge in [0.05, 0.1) is 0 Å². The summed E-state index contributed by atoms with van der Waals surface area (Å²) in [6.07, 6.45) is 4.48. The average molecular weight is 249 g/mol. The molecule has 1 aromatic rings. The van der Waals surface area contributed by atoms with Crippen molar-refractivity contribution in [3.05, 3.63) is 35.4 Å². The molecule has 1 aromatic carbocycles. The number of hydrogen-bond acceptors (Lipinski definition) is 2. The molecule has 0 spiro atoms. The Bertz CT molecular complexity index is 307. The Kier molecular flexibility index (Phi) is 7.70. The number of nitrogens with two attached hydrogens (primary N) is 1. The lowest BCUT2D eigenvalue weighted by molar-refractivity contribution is 0.118. The van der Waals surface area contributed by atoms with Crippen LogP contribution in [0.25, 0.3) is 0 Å². The predicted molar refractivity (Wildman–Crippen MR) is 77.8 cm³/mol. The zero-order chi connectivity index (χ0) is 13.2. The van der Waals surface area contributed by atoms with Crippen molar-refractivity contribution < 1.29 is 4.74 Å². The van der Waals surface area contributed by atoms with Crippen LogP contribution in [-0.4, -0.2) is 19.8 Å². The van der Waals surface area contributed by atoms with Crippen LogP contribution in [0.15, 0.2) is 24.3 Å². The van der Waals surface area contributed by atoms with Crippen LogP contribution in [0.1, 0.15) is 37.3 Å².